The first kappa shape index (κ1) is 18.2. The highest BCUT2D eigenvalue weighted by molar-refractivity contribution is 5.76. The molecule has 1 saturated carbocycles. The lowest BCUT2D eigenvalue weighted by molar-refractivity contribution is -0.129. The van der Waals surface area contributed by atoms with Crippen LogP contribution in [0.5, 0.6) is 0 Å². The number of nitrogens with two attached hydrogens (primary N) is 1. The highest BCUT2D eigenvalue weighted by Gasteiger charge is 2.27. The number of rotatable bonds is 6. The zero-order valence-electron chi connectivity index (χ0n) is 14.6. The molecule has 2 aliphatic rings. The Hall–Kier alpha value is -1.14. The third kappa shape index (κ3) is 5.77. The van der Waals surface area contributed by atoms with E-state index in [1.54, 1.807) is 19.0 Å². The van der Waals surface area contributed by atoms with Gasteiger partial charge in [0.05, 0.1) is 0 Å². The third-order valence-electron chi connectivity index (χ3n) is 5.26. The molecule has 2 rings (SSSR count). The van der Waals surface area contributed by atoms with Crippen molar-refractivity contribution in [1.29, 1.82) is 0 Å². The summed E-state index contributed by atoms with van der Waals surface area (Å²) in [6.45, 7) is 2.72. The number of amides is 2. The highest BCUT2D eigenvalue weighted by atomic mass is 16.2. The third-order valence-corrected chi connectivity index (χ3v) is 5.26. The molecule has 0 aromatic carbocycles. The van der Waals surface area contributed by atoms with Gasteiger partial charge < -0.3 is 20.9 Å². The van der Waals surface area contributed by atoms with Crippen LogP contribution in [0.3, 0.4) is 0 Å². The second-order valence-corrected chi connectivity index (χ2v) is 7.28. The number of likely N-dealkylation sites (tertiary alicyclic amines) is 1. The second kappa shape index (κ2) is 8.64. The summed E-state index contributed by atoms with van der Waals surface area (Å²) in [5, 5.41) is 3.17. The summed E-state index contributed by atoms with van der Waals surface area (Å²) in [4.78, 5) is 27.7. The average molecular weight is 324 g/mol. The molecule has 23 heavy (non-hydrogen) atoms. The first-order valence-electron chi connectivity index (χ1n) is 8.93. The van der Waals surface area contributed by atoms with E-state index in [1.807, 2.05) is 0 Å². The molecule has 0 unspecified atom stereocenters. The molecule has 0 radical (unpaired) electrons. The first-order chi connectivity index (χ1) is 11.0. The SMILES string of the molecule is CN(C)C(=O)CCN1CCC(NC(=O)C[C@@H]2CCC[C@H]2N)CC1. The molecule has 3 N–H and O–H groups in total. The number of piperidine rings is 1. The fourth-order valence-corrected chi connectivity index (χ4v) is 3.62. The smallest absolute Gasteiger partial charge is 0.223 e. The van der Waals surface area contributed by atoms with Gasteiger partial charge in [0, 0.05) is 58.7 Å². The predicted molar refractivity (Wildman–Crippen MR) is 90.8 cm³/mol. The van der Waals surface area contributed by atoms with Crippen molar-refractivity contribution in [2.75, 3.05) is 33.7 Å². The standard InChI is InChI=1S/C17H32N4O2/c1-20(2)17(23)8-11-21-9-6-14(7-10-21)19-16(22)12-13-4-3-5-15(13)18/h13-15H,3-12,18H2,1-2H3,(H,19,22)/t13-,15+/m0/s1. The van der Waals surface area contributed by atoms with E-state index in [0.717, 1.165) is 51.7 Å². The van der Waals surface area contributed by atoms with Gasteiger partial charge in [0.25, 0.3) is 0 Å². The van der Waals surface area contributed by atoms with Crippen molar-refractivity contribution in [1.82, 2.24) is 15.1 Å². The van der Waals surface area contributed by atoms with Crippen LogP contribution in [0, 0.1) is 5.92 Å². The molecule has 2 atom stereocenters. The van der Waals surface area contributed by atoms with E-state index in [1.165, 1.54) is 0 Å². The van der Waals surface area contributed by atoms with Crippen LogP contribution in [-0.2, 0) is 9.59 Å². The summed E-state index contributed by atoms with van der Waals surface area (Å²) in [6.07, 6.45) is 6.40. The Morgan fingerprint density at radius 2 is 1.87 bits per heavy atom. The monoisotopic (exact) mass is 324 g/mol. The average Bonchev–Trinajstić information content (AvgIpc) is 2.91. The molecule has 2 fully saturated rings. The maximum Gasteiger partial charge on any atom is 0.223 e. The van der Waals surface area contributed by atoms with Crippen LogP contribution in [0.4, 0.5) is 0 Å². The van der Waals surface area contributed by atoms with Crippen molar-refractivity contribution < 1.29 is 9.59 Å². The number of carbonyl (C=O) groups is 2. The normalized spacial score (nSPS) is 26.2. The first-order valence-corrected chi connectivity index (χ1v) is 8.93. The highest BCUT2D eigenvalue weighted by Crippen LogP contribution is 2.26. The zero-order valence-corrected chi connectivity index (χ0v) is 14.6. The fraction of sp³-hybridized carbons (Fsp3) is 0.882. The molecule has 2 amide bonds. The van der Waals surface area contributed by atoms with E-state index in [0.29, 0.717) is 18.8 Å². The molecule has 132 valence electrons. The number of hydrogen-bond acceptors (Lipinski definition) is 4. The van der Waals surface area contributed by atoms with E-state index in [9.17, 15) is 9.59 Å². The van der Waals surface area contributed by atoms with E-state index in [-0.39, 0.29) is 23.9 Å². The van der Waals surface area contributed by atoms with Crippen LogP contribution in [0.25, 0.3) is 0 Å². The quantitative estimate of drug-likeness (QED) is 0.748. The molecule has 1 saturated heterocycles. The molecule has 1 aliphatic carbocycles. The molecule has 1 aliphatic heterocycles. The van der Waals surface area contributed by atoms with Gasteiger partial charge in [-0.1, -0.05) is 6.42 Å². The van der Waals surface area contributed by atoms with E-state index < -0.39 is 0 Å². The largest absolute Gasteiger partial charge is 0.353 e. The zero-order chi connectivity index (χ0) is 16.8. The number of carbonyl (C=O) groups excluding carboxylic acids is 2. The summed E-state index contributed by atoms with van der Waals surface area (Å²) in [5.41, 5.74) is 6.04. The molecule has 6 nitrogen and oxygen atoms in total. The van der Waals surface area contributed by atoms with Crippen molar-refractivity contribution >= 4 is 11.8 Å². The molecule has 6 heteroatoms. The molecule has 0 aromatic heterocycles. The lowest BCUT2D eigenvalue weighted by Gasteiger charge is -2.32. The van der Waals surface area contributed by atoms with Crippen LogP contribution in [0.1, 0.15) is 44.9 Å². The number of hydrogen-bond donors (Lipinski definition) is 2. The minimum Gasteiger partial charge on any atom is -0.353 e. The Bertz CT molecular complexity index is 405. The van der Waals surface area contributed by atoms with Crippen molar-refractivity contribution in [3.8, 4) is 0 Å². The molecule has 0 spiro atoms. The topological polar surface area (TPSA) is 78.7 Å². The maximum absolute atomic E-state index is 12.2. The van der Waals surface area contributed by atoms with Gasteiger partial charge in [-0.25, -0.2) is 0 Å². The van der Waals surface area contributed by atoms with Crippen LogP contribution in [-0.4, -0.2) is 67.4 Å². The summed E-state index contributed by atoms with van der Waals surface area (Å²) >= 11 is 0. The molecular weight excluding hydrogens is 292 g/mol. The molecule has 1 heterocycles. The van der Waals surface area contributed by atoms with Crippen LogP contribution < -0.4 is 11.1 Å². The van der Waals surface area contributed by atoms with Gasteiger partial charge in [0.2, 0.25) is 11.8 Å². The van der Waals surface area contributed by atoms with Crippen molar-refractivity contribution in [3.63, 3.8) is 0 Å². The Morgan fingerprint density at radius 1 is 1.17 bits per heavy atom. The van der Waals surface area contributed by atoms with E-state index in [4.69, 9.17) is 5.73 Å². The minimum absolute atomic E-state index is 0.161. The van der Waals surface area contributed by atoms with Gasteiger partial charge in [-0.05, 0) is 31.6 Å². The summed E-state index contributed by atoms with van der Waals surface area (Å²) in [6, 6.07) is 0.484. The fourth-order valence-electron chi connectivity index (χ4n) is 3.62. The maximum atomic E-state index is 12.2. The Labute approximate surface area is 139 Å². The van der Waals surface area contributed by atoms with Gasteiger partial charge >= 0.3 is 0 Å². The van der Waals surface area contributed by atoms with Crippen LogP contribution in [0.15, 0.2) is 0 Å². The van der Waals surface area contributed by atoms with Gasteiger partial charge in [-0.15, -0.1) is 0 Å². The van der Waals surface area contributed by atoms with Crippen molar-refractivity contribution in [2.45, 2.75) is 57.0 Å². The second-order valence-electron chi connectivity index (χ2n) is 7.28. The summed E-state index contributed by atoms with van der Waals surface area (Å²) < 4.78 is 0. The Balaban J connectivity index is 1.62. The number of nitrogens with zero attached hydrogens (tertiary/aromatic N) is 2. The lowest BCUT2D eigenvalue weighted by atomic mass is 9.98. The Morgan fingerprint density at radius 3 is 2.43 bits per heavy atom. The van der Waals surface area contributed by atoms with Crippen molar-refractivity contribution in [2.24, 2.45) is 11.7 Å². The van der Waals surface area contributed by atoms with Gasteiger partial charge in [-0.3, -0.25) is 9.59 Å². The lowest BCUT2D eigenvalue weighted by Crippen LogP contribution is -2.46. The summed E-state index contributed by atoms with van der Waals surface area (Å²) in [5.74, 6) is 0.703. The van der Waals surface area contributed by atoms with Gasteiger partial charge in [-0.2, -0.15) is 0 Å². The minimum atomic E-state index is 0.161. The van der Waals surface area contributed by atoms with Crippen LogP contribution >= 0.6 is 0 Å². The molecular formula is C17H32N4O2. The molecule has 0 aromatic rings. The van der Waals surface area contributed by atoms with E-state index >= 15 is 0 Å². The predicted octanol–water partition coefficient (Wildman–Crippen LogP) is 0.563. The van der Waals surface area contributed by atoms with Gasteiger partial charge in [0.1, 0.15) is 0 Å². The van der Waals surface area contributed by atoms with E-state index in [2.05, 4.69) is 10.2 Å². The van der Waals surface area contributed by atoms with Crippen LogP contribution in [0.2, 0.25) is 0 Å². The summed E-state index contributed by atoms with van der Waals surface area (Å²) in [7, 11) is 3.58. The van der Waals surface area contributed by atoms with Crippen molar-refractivity contribution in [3.05, 3.63) is 0 Å². The molecule has 0 bridgehead atoms. The van der Waals surface area contributed by atoms with Gasteiger partial charge in [0.15, 0.2) is 0 Å². The number of nitrogens with one attached hydrogen (secondary N) is 1. The Kier molecular flexibility index (Phi) is 6.84.